The lowest BCUT2D eigenvalue weighted by atomic mass is 9.93. The fourth-order valence-corrected chi connectivity index (χ4v) is 2.02. The van der Waals surface area contributed by atoms with Gasteiger partial charge in [-0.3, -0.25) is 14.6 Å². The molecule has 0 aliphatic rings. The summed E-state index contributed by atoms with van der Waals surface area (Å²) in [6.45, 7) is 2.01. The first kappa shape index (κ1) is 14.8. The van der Waals surface area contributed by atoms with E-state index in [9.17, 15) is 9.59 Å². The summed E-state index contributed by atoms with van der Waals surface area (Å²) in [7, 11) is 1.30. The smallest absolute Gasteiger partial charge is 0.316 e. The predicted octanol–water partition coefficient (Wildman–Crippen LogP) is 3.01. The Balaban J connectivity index is 2.91. The van der Waals surface area contributed by atoms with Crippen LogP contribution in [0.5, 0.6) is 0 Å². The number of hydrogen-bond donors (Lipinski definition) is 0. The maximum Gasteiger partial charge on any atom is 0.316 e. The largest absolute Gasteiger partial charge is 0.468 e. The molecule has 1 rings (SSSR count). The van der Waals surface area contributed by atoms with Crippen molar-refractivity contribution in [2.45, 2.75) is 26.2 Å². The molecule has 1 heterocycles. The zero-order valence-electron chi connectivity index (χ0n) is 10.5. The summed E-state index contributed by atoms with van der Waals surface area (Å²) in [4.78, 5) is 27.8. The molecule has 0 bridgehead atoms. The number of carbonyl (C=O) groups excluding carboxylic acids is 2. The Labute approximate surface area is 115 Å². The van der Waals surface area contributed by atoms with E-state index in [0.717, 1.165) is 12.8 Å². The minimum atomic E-state index is -0.731. The van der Waals surface area contributed by atoms with Gasteiger partial charge in [-0.05, 0) is 28.4 Å². The van der Waals surface area contributed by atoms with Gasteiger partial charge >= 0.3 is 5.97 Å². The zero-order chi connectivity index (χ0) is 13.5. The Morgan fingerprint density at radius 2 is 2.17 bits per heavy atom. The van der Waals surface area contributed by atoms with Gasteiger partial charge in [0, 0.05) is 22.4 Å². The van der Waals surface area contributed by atoms with Crippen LogP contribution in [0.2, 0.25) is 0 Å². The van der Waals surface area contributed by atoms with E-state index in [-0.39, 0.29) is 5.78 Å². The number of methoxy groups -OCH3 is 1. The molecule has 98 valence electrons. The summed E-state index contributed by atoms with van der Waals surface area (Å²) in [5.74, 6) is -1.44. The Morgan fingerprint density at radius 3 is 2.72 bits per heavy atom. The average Bonchev–Trinajstić information content (AvgIpc) is 2.38. The van der Waals surface area contributed by atoms with Crippen LogP contribution in [0.1, 0.15) is 36.5 Å². The van der Waals surface area contributed by atoms with Crippen molar-refractivity contribution >= 4 is 27.7 Å². The van der Waals surface area contributed by atoms with Gasteiger partial charge in [0.25, 0.3) is 0 Å². The highest BCUT2D eigenvalue weighted by molar-refractivity contribution is 9.10. The van der Waals surface area contributed by atoms with Gasteiger partial charge in [0.1, 0.15) is 5.92 Å². The van der Waals surface area contributed by atoms with Crippen LogP contribution in [0.25, 0.3) is 0 Å². The fraction of sp³-hybridized carbons (Fsp3) is 0.462. The van der Waals surface area contributed by atoms with Gasteiger partial charge in [0.15, 0.2) is 5.78 Å². The van der Waals surface area contributed by atoms with E-state index in [1.54, 1.807) is 12.3 Å². The quantitative estimate of drug-likeness (QED) is 0.460. The summed E-state index contributed by atoms with van der Waals surface area (Å²) in [5.41, 5.74) is 0.427. The Bertz CT molecular complexity index is 434. The van der Waals surface area contributed by atoms with Crippen molar-refractivity contribution in [3.63, 3.8) is 0 Å². The predicted molar refractivity (Wildman–Crippen MR) is 71.3 cm³/mol. The van der Waals surface area contributed by atoms with Gasteiger partial charge in [0.05, 0.1) is 7.11 Å². The second kappa shape index (κ2) is 7.26. The lowest BCUT2D eigenvalue weighted by Crippen LogP contribution is -2.25. The van der Waals surface area contributed by atoms with Gasteiger partial charge in [-0.15, -0.1) is 0 Å². The molecule has 0 radical (unpaired) electrons. The summed E-state index contributed by atoms with van der Waals surface area (Å²) in [5, 5.41) is 0. The number of ketones is 1. The van der Waals surface area contributed by atoms with Crippen LogP contribution >= 0.6 is 15.9 Å². The topological polar surface area (TPSA) is 56.3 Å². The minimum absolute atomic E-state index is 0.232. The molecule has 18 heavy (non-hydrogen) atoms. The van der Waals surface area contributed by atoms with E-state index in [1.165, 1.54) is 13.3 Å². The normalized spacial score (nSPS) is 11.9. The van der Waals surface area contributed by atoms with Gasteiger partial charge in [-0.1, -0.05) is 19.8 Å². The molecule has 0 spiro atoms. The second-order valence-electron chi connectivity index (χ2n) is 3.97. The highest BCUT2D eigenvalue weighted by Gasteiger charge is 2.28. The van der Waals surface area contributed by atoms with Crippen molar-refractivity contribution in [1.82, 2.24) is 4.98 Å². The summed E-state index contributed by atoms with van der Waals surface area (Å²) in [6.07, 6.45) is 5.31. The van der Waals surface area contributed by atoms with E-state index < -0.39 is 11.9 Å². The molecule has 0 aromatic carbocycles. The Kier molecular flexibility index (Phi) is 5.98. The molecule has 0 saturated heterocycles. The lowest BCUT2D eigenvalue weighted by Gasteiger charge is -2.13. The number of Topliss-reactive ketones (excluding diaryl/α,β-unsaturated/α-hetero) is 1. The van der Waals surface area contributed by atoms with Crippen molar-refractivity contribution in [3.8, 4) is 0 Å². The standard InChI is InChI=1S/C13H16BrNO3/c1-3-4-5-11(13(17)18-2)12(16)9-6-10(14)8-15-7-9/h6-8,11H,3-5H2,1-2H3. The van der Waals surface area contributed by atoms with Gasteiger partial charge in [-0.25, -0.2) is 0 Å². The monoisotopic (exact) mass is 313 g/mol. The van der Waals surface area contributed by atoms with Crippen LogP contribution in [0.4, 0.5) is 0 Å². The number of carbonyl (C=O) groups is 2. The molecular formula is C13H16BrNO3. The number of halogens is 1. The van der Waals surface area contributed by atoms with Crippen molar-refractivity contribution in [2.24, 2.45) is 5.92 Å². The highest BCUT2D eigenvalue weighted by Crippen LogP contribution is 2.19. The maximum atomic E-state index is 12.2. The summed E-state index contributed by atoms with van der Waals surface area (Å²) >= 11 is 3.26. The van der Waals surface area contributed by atoms with Crippen LogP contribution in [0, 0.1) is 5.92 Å². The zero-order valence-corrected chi connectivity index (χ0v) is 12.1. The number of nitrogens with zero attached hydrogens (tertiary/aromatic N) is 1. The van der Waals surface area contributed by atoms with Crippen LogP contribution in [0.15, 0.2) is 22.9 Å². The third kappa shape index (κ3) is 3.91. The minimum Gasteiger partial charge on any atom is -0.468 e. The Hall–Kier alpha value is -1.23. The van der Waals surface area contributed by atoms with Crippen molar-refractivity contribution in [3.05, 3.63) is 28.5 Å². The second-order valence-corrected chi connectivity index (χ2v) is 4.89. The fourth-order valence-electron chi connectivity index (χ4n) is 1.65. The molecule has 0 fully saturated rings. The van der Waals surface area contributed by atoms with Crippen LogP contribution < -0.4 is 0 Å². The van der Waals surface area contributed by atoms with E-state index in [1.807, 2.05) is 6.92 Å². The number of unbranched alkanes of at least 4 members (excludes halogenated alkanes) is 1. The number of esters is 1. The molecule has 1 aromatic heterocycles. The first-order valence-corrected chi connectivity index (χ1v) is 6.62. The van der Waals surface area contributed by atoms with Crippen molar-refractivity contribution < 1.29 is 14.3 Å². The molecule has 1 aromatic rings. The SMILES string of the molecule is CCCCC(C(=O)OC)C(=O)c1cncc(Br)c1. The van der Waals surface area contributed by atoms with Crippen LogP contribution in [-0.4, -0.2) is 23.8 Å². The van der Waals surface area contributed by atoms with Gasteiger partial charge in [-0.2, -0.15) is 0 Å². The third-order valence-corrected chi connectivity index (χ3v) is 3.07. The lowest BCUT2D eigenvalue weighted by molar-refractivity contribution is -0.143. The Morgan fingerprint density at radius 1 is 1.44 bits per heavy atom. The molecule has 0 aliphatic carbocycles. The summed E-state index contributed by atoms with van der Waals surface area (Å²) < 4.78 is 5.41. The van der Waals surface area contributed by atoms with E-state index in [2.05, 4.69) is 20.9 Å². The van der Waals surface area contributed by atoms with Crippen LogP contribution in [-0.2, 0) is 9.53 Å². The van der Waals surface area contributed by atoms with Crippen LogP contribution in [0.3, 0.4) is 0 Å². The number of hydrogen-bond acceptors (Lipinski definition) is 4. The summed E-state index contributed by atoms with van der Waals surface area (Å²) in [6, 6.07) is 1.66. The van der Waals surface area contributed by atoms with Gasteiger partial charge in [0.2, 0.25) is 0 Å². The number of aromatic nitrogens is 1. The average molecular weight is 314 g/mol. The first-order chi connectivity index (χ1) is 8.60. The molecule has 1 atom stereocenters. The molecule has 5 heteroatoms. The molecule has 0 N–H and O–H groups in total. The van der Waals surface area contributed by atoms with Crippen molar-refractivity contribution in [2.75, 3.05) is 7.11 Å². The number of pyridine rings is 1. The maximum absolute atomic E-state index is 12.2. The van der Waals surface area contributed by atoms with Crippen molar-refractivity contribution in [1.29, 1.82) is 0 Å². The molecule has 0 amide bonds. The molecule has 1 unspecified atom stereocenters. The molecule has 0 saturated carbocycles. The van der Waals surface area contributed by atoms with E-state index in [0.29, 0.717) is 16.5 Å². The highest BCUT2D eigenvalue weighted by atomic mass is 79.9. The molecule has 4 nitrogen and oxygen atoms in total. The third-order valence-electron chi connectivity index (χ3n) is 2.64. The number of rotatable bonds is 6. The molecular weight excluding hydrogens is 298 g/mol. The molecule has 0 aliphatic heterocycles. The first-order valence-electron chi connectivity index (χ1n) is 5.82. The van der Waals surface area contributed by atoms with E-state index in [4.69, 9.17) is 4.74 Å². The van der Waals surface area contributed by atoms with E-state index >= 15 is 0 Å². The van der Waals surface area contributed by atoms with Gasteiger partial charge < -0.3 is 4.74 Å². The number of ether oxygens (including phenoxy) is 1.